The van der Waals surface area contributed by atoms with Gasteiger partial charge in [-0.2, -0.15) is 13.0 Å². The van der Waals surface area contributed by atoms with Crippen molar-refractivity contribution in [2.75, 3.05) is 18.0 Å². The van der Waals surface area contributed by atoms with Gasteiger partial charge >= 0.3 is 11.9 Å². The molecule has 2 aliphatic rings. The van der Waals surface area contributed by atoms with Crippen LogP contribution in [0.15, 0.2) is 106 Å². The lowest BCUT2D eigenvalue weighted by Gasteiger charge is -2.29. The van der Waals surface area contributed by atoms with Crippen LogP contribution in [0.2, 0.25) is 0 Å². The summed E-state index contributed by atoms with van der Waals surface area (Å²) in [6, 6.07) is 29.6. The van der Waals surface area contributed by atoms with Crippen molar-refractivity contribution in [3.05, 3.63) is 125 Å². The zero-order chi connectivity index (χ0) is 38.7. The molecular formula is C43H43N2O8S+. The number of aliphatic carboxylic acids is 2. The Balaban J connectivity index is 1.68. The Morgan fingerprint density at radius 1 is 0.722 bits per heavy atom. The summed E-state index contributed by atoms with van der Waals surface area (Å²) >= 11 is 0. The molecule has 0 aromatic heterocycles. The largest absolute Gasteiger partial charge is 0.481 e. The fourth-order valence-electron chi connectivity index (χ4n) is 7.37. The van der Waals surface area contributed by atoms with Crippen LogP contribution in [0.3, 0.4) is 0 Å². The molecule has 0 radical (unpaired) electrons. The first-order valence-electron chi connectivity index (χ1n) is 17.8. The fourth-order valence-corrected chi connectivity index (χ4v) is 8.07. The van der Waals surface area contributed by atoms with Crippen LogP contribution in [0.5, 0.6) is 0 Å². The number of rotatable bonds is 13. The van der Waals surface area contributed by atoms with Crippen LogP contribution < -0.4 is 14.8 Å². The Morgan fingerprint density at radius 3 is 2.00 bits per heavy atom. The van der Waals surface area contributed by atoms with E-state index in [4.69, 9.17) is 4.42 Å². The SMILES string of the molecule is Cc1cccc(C)c1N(CCCC(=O)O)c1ccc2c(-c3ccccc3S(=O)(=O)O)c3ccc(=[N+](CCCC(=O)O)c4c(C)cccc4C)cc-3oc2c1. The van der Waals surface area contributed by atoms with Crippen molar-refractivity contribution < 1.29 is 37.2 Å². The van der Waals surface area contributed by atoms with Gasteiger partial charge in [-0.15, -0.1) is 0 Å². The lowest BCUT2D eigenvalue weighted by atomic mass is 9.93. The van der Waals surface area contributed by atoms with Crippen molar-refractivity contribution in [3.63, 3.8) is 0 Å². The third-order valence-corrected chi connectivity index (χ3v) is 10.6. The molecule has 11 heteroatoms. The number of benzene rings is 5. The maximum absolute atomic E-state index is 12.8. The molecule has 4 aromatic carbocycles. The van der Waals surface area contributed by atoms with Crippen LogP contribution in [0, 0.1) is 27.7 Å². The third kappa shape index (κ3) is 7.92. The number of carboxylic acids is 2. The summed E-state index contributed by atoms with van der Waals surface area (Å²) in [6.07, 6.45) is 0.768. The molecule has 1 heterocycles. The van der Waals surface area contributed by atoms with Crippen LogP contribution in [0.4, 0.5) is 17.1 Å². The van der Waals surface area contributed by atoms with Crippen molar-refractivity contribution >= 4 is 50.1 Å². The Kier molecular flexibility index (Phi) is 11.0. The monoisotopic (exact) mass is 747 g/mol. The zero-order valence-corrected chi connectivity index (χ0v) is 31.5. The molecule has 3 N–H and O–H groups in total. The van der Waals surface area contributed by atoms with Gasteiger partial charge in [0.2, 0.25) is 11.0 Å². The Morgan fingerprint density at radius 2 is 1.35 bits per heavy atom. The van der Waals surface area contributed by atoms with E-state index >= 15 is 0 Å². The molecule has 0 saturated carbocycles. The molecule has 0 fully saturated rings. The predicted molar refractivity (Wildman–Crippen MR) is 210 cm³/mol. The average molecular weight is 748 g/mol. The molecule has 0 bridgehead atoms. The van der Waals surface area contributed by atoms with Crippen LogP contribution in [0.1, 0.15) is 47.9 Å². The van der Waals surface area contributed by atoms with Crippen molar-refractivity contribution in [2.24, 2.45) is 0 Å². The van der Waals surface area contributed by atoms with Crippen LogP contribution in [-0.2, 0) is 19.7 Å². The highest BCUT2D eigenvalue weighted by molar-refractivity contribution is 7.86. The molecule has 4 aromatic rings. The van der Waals surface area contributed by atoms with Gasteiger partial charge in [0.1, 0.15) is 22.8 Å². The number of carboxylic acid groups (broad SMARTS) is 2. The van der Waals surface area contributed by atoms with Gasteiger partial charge in [-0.25, -0.2) is 0 Å². The minimum atomic E-state index is -4.63. The van der Waals surface area contributed by atoms with Crippen LogP contribution >= 0.6 is 0 Å². The van der Waals surface area contributed by atoms with Crippen molar-refractivity contribution in [2.45, 2.75) is 58.3 Å². The molecule has 0 spiro atoms. The lowest BCUT2D eigenvalue weighted by Crippen LogP contribution is -2.28. The number of anilines is 2. The number of aryl methyl sites for hydroxylation is 4. The van der Waals surface area contributed by atoms with Gasteiger partial charge in [0, 0.05) is 76.1 Å². The Bertz CT molecular complexity index is 2520. The summed E-state index contributed by atoms with van der Waals surface area (Å²) in [4.78, 5) is 24.9. The summed E-state index contributed by atoms with van der Waals surface area (Å²) in [5.41, 5.74) is 8.62. The number of fused-ring (bicyclic) bond motifs is 2. The first-order chi connectivity index (χ1) is 25.7. The molecule has 1 aliphatic carbocycles. The lowest BCUT2D eigenvalue weighted by molar-refractivity contribution is -0.138. The highest BCUT2D eigenvalue weighted by Crippen LogP contribution is 2.44. The van der Waals surface area contributed by atoms with Gasteiger partial charge in [0.25, 0.3) is 10.1 Å². The number of carbonyl (C=O) groups is 2. The standard InChI is InChI=1S/C43H42N2O8S/c1-27-11-7-12-28(2)42(27)44(23-9-17-39(46)47)31-19-21-33-36(25-31)53-37-26-32(45(24-10-18-40(48)49)43-29(3)13-8-14-30(43)4)20-22-34(37)41(33)35-15-5-6-16-38(35)54(50,51)52/h5-8,11-16,19-22,25-26H,9-10,17-18,23-24H2,1-4H3,(H2-,46,47,48,49,50,51,52)/p+1. The first-order valence-corrected chi connectivity index (χ1v) is 19.2. The summed E-state index contributed by atoms with van der Waals surface area (Å²) < 4.78 is 44.7. The summed E-state index contributed by atoms with van der Waals surface area (Å²) in [7, 11) is -4.63. The van der Waals surface area contributed by atoms with Crippen molar-refractivity contribution in [1.29, 1.82) is 0 Å². The van der Waals surface area contributed by atoms with Gasteiger partial charge < -0.3 is 19.5 Å². The zero-order valence-electron chi connectivity index (χ0n) is 30.7. The Labute approximate surface area is 314 Å². The van der Waals surface area contributed by atoms with E-state index in [1.807, 2.05) is 100 Å². The molecule has 0 unspecified atom stereocenters. The molecule has 0 atom stereocenters. The highest BCUT2D eigenvalue weighted by Gasteiger charge is 2.26. The third-order valence-electron chi connectivity index (χ3n) is 9.71. The number of hydrogen-bond acceptors (Lipinski definition) is 6. The van der Waals surface area contributed by atoms with E-state index < -0.39 is 22.1 Å². The van der Waals surface area contributed by atoms with E-state index in [2.05, 4.69) is 9.48 Å². The predicted octanol–water partition coefficient (Wildman–Crippen LogP) is 8.66. The number of para-hydroxylation sites is 2. The van der Waals surface area contributed by atoms with Crippen LogP contribution in [-0.4, -0.2) is 48.2 Å². The molecule has 10 nitrogen and oxygen atoms in total. The second kappa shape index (κ2) is 15.7. The van der Waals surface area contributed by atoms with Crippen molar-refractivity contribution in [1.82, 2.24) is 4.58 Å². The normalized spacial score (nSPS) is 12.2. The average Bonchev–Trinajstić information content (AvgIpc) is 3.11. The van der Waals surface area contributed by atoms with Gasteiger partial charge in [-0.05, 0) is 69.5 Å². The minimum Gasteiger partial charge on any atom is -0.481 e. The summed E-state index contributed by atoms with van der Waals surface area (Å²) in [6.45, 7) is 8.87. The molecule has 0 amide bonds. The summed E-state index contributed by atoms with van der Waals surface area (Å²) in [5, 5.41) is 20.3. The summed E-state index contributed by atoms with van der Waals surface area (Å²) in [5.74, 6) is -1.32. The Hall–Kier alpha value is -5.78. The van der Waals surface area contributed by atoms with E-state index in [1.54, 1.807) is 18.2 Å². The second-order valence-electron chi connectivity index (χ2n) is 13.6. The van der Waals surface area contributed by atoms with E-state index in [1.165, 1.54) is 6.07 Å². The smallest absolute Gasteiger partial charge is 0.303 e. The fraction of sp³-hybridized carbons (Fsp3) is 0.233. The minimum absolute atomic E-state index is 0.00725. The van der Waals surface area contributed by atoms with E-state index in [0.717, 1.165) is 44.7 Å². The highest BCUT2D eigenvalue weighted by atomic mass is 32.2. The maximum Gasteiger partial charge on any atom is 0.303 e. The van der Waals surface area contributed by atoms with E-state index in [0.29, 0.717) is 59.4 Å². The molecule has 278 valence electrons. The quantitative estimate of drug-likeness (QED) is 0.0600. The first kappa shape index (κ1) is 38.0. The second-order valence-corrected chi connectivity index (χ2v) is 15.0. The number of nitrogens with zero attached hydrogens (tertiary/aromatic N) is 2. The molecule has 54 heavy (non-hydrogen) atoms. The maximum atomic E-state index is 12.8. The van der Waals surface area contributed by atoms with Crippen molar-refractivity contribution in [3.8, 4) is 22.5 Å². The van der Waals surface area contributed by atoms with Gasteiger partial charge in [0.05, 0.1) is 12.5 Å². The van der Waals surface area contributed by atoms with E-state index in [-0.39, 0.29) is 17.7 Å². The molecule has 6 rings (SSSR count). The number of hydrogen-bond donors (Lipinski definition) is 3. The van der Waals surface area contributed by atoms with E-state index in [9.17, 15) is 32.8 Å². The van der Waals surface area contributed by atoms with Crippen LogP contribution in [0.25, 0.3) is 33.4 Å². The molecule has 1 aliphatic heterocycles. The van der Waals surface area contributed by atoms with Gasteiger partial charge in [-0.3, -0.25) is 14.1 Å². The topological polar surface area (TPSA) is 148 Å². The van der Waals surface area contributed by atoms with Gasteiger partial charge in [-0.1, -0.05) is 54.6 Å². The molecular weight excluding hydrogens is 705 g/mol. The van der Waals surface area contributed by atoms with Gasteiger partial charge in [0.15, 0.2) is 0 Å². The molecule has 0 saturated heterocycles.